The van der Waals surface area contributed by atoms with Crippen LogP contribution >= 0.6 is 11.3 Å². The summed E-state index contributed by atoms with van der Waals surface area (Å²) in [4.78, 5) is 32.6. The lowest BCUT2D eigenvalue weighted by Crippen LogP contribution is -2.29. The number of nitrogens with one attached hydrogen (secondary N) is 1. The van der Waals surface area contributed by atoms with Gasteiger partial charge >= 0.3 is 5.97 Å². The van der Waals surface area contributed by atoms with E-state index in [0.717, 1.165) is 17.7 Å². The normalized spacial score (nSPS) is 11.6. The van der Waals surface area contributed by atoms with Crippen molar-refractivity contribution in [1.82, 2.24) is 9.97 Å². The summed E-state index contributed by atoms with van der Waals surface area (Å²) < 4.78 is 5.19. The van der Waals surface area contributed by atoms with Gasteiger partial charge in [-0.25, -0.2) is 9.78 Å². The average Bonchev–Trinajstić information content (AvgIpc) is 3.17. The molecule has 138 valence electrons. The maximum atomic E-state index is 12.3. The number of carbonyl (C=O) groups is 2. The van der Waals surface area contributed by atoms with Gasteiger partial charge in [-0.05, 0) is 31.0 Å². The van der Waals surface area contributed by atoms with Gasteiger partial charge in [0.25, 0.3) is 5.91 Å². The molecule has 1 atom stereocenters. The molecule has 3 aromatic rings. The van der Waals surface area contributed by atoms with E-state index in [9.17, 15) is 9.59 Å². The second kappa shape index (κ2) is 8.55. The minimum absolute atomic E-state index is 0.344. The highest BCUT2D eigenvalue weighted by atomic mass is 32.1. The number of ether oxygens (including phenoxy) is 1. The molecule has 0 unspecified atom stereocenters. The molecule has 0 aliphatic carbocycles. The molecule has 0 saturated heterocycles. The number of aromatic nitrogens is 2. The molecule has 2 aromatic heterocycles. The molecule has 0 aliphatic heterocycles. The molecule has 27 heavy (non-hydrogen) atoms. The number of esters is 1. The fourth-order valence-electron chi connectivity index (χ4n) is 2.35. The van der Waals surface area contributed by atoms with Crippen LogP contribution in [-0.4, -0.2) is 27.9 Å². The van der Waals surface area contributed by atoms with E-state index in [0.29, 0.717) is 10.7 Å². The fraction of sp³-hybridized carbons (Fsp3) is 0.200. The van der Waals surface area contributed by atoms with E-state index in [-0.39, 0.29) is 0 Å². The van der Waals surface area contributed by atoms with Crippen molar-refractivity contribution >= 4 is 28.3 Å². The first kappa shape index (κ1) is 18.7. The van der Waals surface area contributed by atoms with Crippen LogP contribution in [0.15, 0.2) is 54.2 Å². The Bertz CT molecular complexity index is 923. The third-order valence-electron chi connectivity index (χ3n) is 3.96. The number of hydrogen-bond donors (Lipinski definition) is 1. The molecule has 0 bridgehead atoms. The predicted octanol–water partition coefficient (Wildman–Crippen LogP) is 3.95. The molecule has 0 spiro atoms. The lowest BCUT2D eigenvalue weighted by Gasteiger charge is -2.12. The number of carbonyl (C=O) groups excluding carboxylic acids is 2. The summed E-state index contributed by atoms with van der Waals surface area (Å²) in [6, 6.07) is 11.2. The van der Waals surface area contributed by atoms with E-state index < -0.39 is 18.0 Å². The van der Waals surface area contributed by atoms with E-state index in [4.69, 9.17) is 4.74 Å². The molecule has 1 amide bonds. The smallest absolute Gasteiger partial charge is 0.339 e. The SMILES string of the molecule is CCc1ccc(-c2csc(NC(=O)[C@H](C)OC(=O)c3ccncc3)n2)cc1. The first-order chi connectivity index (χ1) is 13.1. The summed E-state index contributed by atoms with van der Waals surface area (Å²) in [5, 5.41) is 5.03. The Balaban J connectivity index is 1.60. The van der Waals surface area contributed by atoms with Gasteiger partial charge in [0.15, 0.2) is 11.2 Å². The number of aryl methyl sites for hydroxylation is 1. The summed E-state index contributed by atoms with van der Waals surface area (Å²) in [6.45, 7) is 3.63. The molecule has 0 saturated carbocycles. The molecule has 1 N–H and O–H groups in total. The fourth-order valence-corrected chi connectivity index (χ4v) is 3.07. The van der Waals surface area contributed by atoms with Crippen LogP contribution in [0.1, 0.15) is 29.8 Å². The van der Waals surface area contributed by atoms with Crippen molar-refractivity contribution in [3.63, 3.8) is 0 Å². The summed E-state index contributed by atoms with van der Waals surface area (Å²) in [6.07, 6.45) is 3.02. The third kappa shape index (κ3) is 4.77. The van der Waals surface area contributed by atoms with Gasteiger partial charge in [0.05, 0.1) is 11.3 Å². The van der Waals surface area contributed by atoms with Gasteiger partial charge < -0.3 is 4.74 Å². The van der Waals surface area contributed by atoms with Gasteiger partial charge in [0, 0.05) is 23.3 Å². The second-order valence-corrected chi connectivity index (χ2v) is 6.72. The molecule has 7 heteroatoms. The van der Waals surface area contributed by atoms with Crippen molar-refractivity contribution in [2.24, 2.45) is 0 Å². The van der Waals surface area contributed by atoms with Crippen LogP contribution in [0.5, 0.6) is 0 Å². The molecular weight excluding hydrogens is 362 g/mol. The molecule has 1 aromatic carbocycles. The summed E-state index contributed by atoms with van der Waals surface area (Å²) >= 11 is 1.32. The van der Waals surface area contributed by atoms with E-state index >= 15 is 0 Å². The van der Waals surface area contributed by atoms with Crippen molar-refractivity contribution in [3.05, 3.63) is 65.3 Å². The van der Waals surface area contributed by atoms with E-state index in [1.54, 1.807) is 0 Å². The Morgan fingerprint density at radius 1 is 1.15 bits per heavy atom. The van der Waals surface area contributed by atoms with Gasteiger partial charge in [-0.2, -0.15) is 0 Å². The number of amides is 1. The van der Waals surface area contributed by atoms with Crippen molar-refractivity contribution in [1.29, 1.82) is 0 Å². The van der Waals surface area contributed by atoms with Crippen LogP contribution in [0.4, 0.5) is 5.13 Å². The molecule has 3 rings (SSSR count). The number of hydrogen-bond acceptors (Lipinski definition) is 6. The molecule has 0 fully saturated rings. The Kier molecular flexibility index (Phi) is 5.93. The van der Waals surface area contributed by atoms with Crippen LogP contribution in [0, 0.1) is 0 Å². The van der Waals surface area contributed by atoms with Crippen LogP contribution in [0.2, 0.25) is 0 Å². The molecule has 6 nitrogen and oxygen atoms in total. The number of benzene rings is 1. The average molecular weight is 381 g/mol. The van der Waals surface area contributed by atoms with Gasteiger partial charge in [0.1, 0.15) is 0 Å². The monoisotopic (exact) mass is 381 g/mol. The van der Waals surface area contributed by atoms with Crippen molar-refractivity contribution in [2.75, 3.05) is 5.32 Å². The van der Waals surface area contributed by atoms with E-state index in [1.165, 1.54) is 48.4 Å². The second-order valence-electron chi connectivity index (χ2n) is 5.86. The molecule has 2 heterocycles. The summed E-state index contributed by atoms with van der Waals surface area (Å²) in [5.41, 5.74) is 3.38. The lowest BCUT2D eigenvalue weighted by atomic mass is 10.1. The van der Waals surface area contributed by atoms with E-state index in [1.807, 2.05) is 17.5 Å². The molecule has 0 aliphatic rings. The lowest BCUT2D eigenvalue weighted by molar-refractivity contribution is -0.123. The standard InChI is InChI=1S/C20H19N3O3S/c1-3-14-4-6-15(7-5-14)17-12-27-20(22-17)23-18(24)13(2)26-19(25)16-8-10-21-11-9-16/h4-13H,3H2,1-2H3,(H,22,23,24)/t13-/m0/s1. The zero-order valence-electron chi connectivity index (χ0n) is 15.0. The first-order valence-electron chi connectivity index (χ1n) is 8.53. The Hall–Kier alpha value is -3.06. The zero-order valence-corrected chi connectivity index (χ0v) is 15.8. The van der Waals surface area contributed by atoms with Crippen LogP contribution in [0.25, 0.3) is 11.3 Å². The Morgan fingerprint density at radius 3 is 2.52 bits per heavy atom. The Morgan fingerprint density at radius 2 is 1.85 bits per heavy atom. The van der Waals surface area contributed by atoms with Crippen LogP contribution in [-0.2, 0) is 16.0 Å². The van der Waals surface area contributed by atoms with Crippen molar-refractivity contribution in [3.8, 4) is 11.3 Å². The van der Waals surface area contributed by atoms with Gasteiger partial charge in [-0.15, -0.1) is 11.3 Å². The highest BCUT2D eigenvalue weighted by molar-refractivity contribution is 7.14. The number of nitrogens with zero attached hydrogens (tertiary/aromatic N) is 2. The van der Waals surface area contributed by atoms with Crippen LogP contribution in [0.3, 0.4) is 0 Å². The molecule has 0 radical (unpaired) electrons. The molecular formula is C20H19N3O3S. The predicted molar refractivity (Wildman–Crippen MR) is 105 cm³/mol. The first-order valence-corrected chi connectivity index (χ1v) is 9.41. The summed E-state index contributed by atoms with van der Waals surface area (Å²) in [5.74, 6) is -1.00. The number of pyridine rings is 1. The minimum Gasteiger partial charge on any atom is -0.449 e. The Labute approximate surface area is 161 Å². The van der Waals surface area contributed by atoms with Gasteiger partial charge in [-0.3, -0.25) is 15.1 Å². The minimum atomic E-state index is -0.943. The maximum absolute atomic E-state index is 12.3. The van der Waals surface area contributed by atoms with E-state index in [2.05, 4.69) is 34.3 Å². The summed E-state index contributed by atoms with van der Waals surface area (Å²) in [7, 11) is 0. The largest absolute Gasteiger partial charge is 0.449 e. The topological polar surface area (TPSA) is 81.2 Å². The highest BCUT2D eigenvalue weighted by Gasteiger charge is 2.20. The van der Waals surface area contributed by atoms with Crippen molar-refractivity contribution < 1.29 is 14.3 Å². The quantitative estimate of drug-likeness (QED) is 0.654. The van der Waals surface area contributed by atoms with Crippen LogP contribution < -0.4 is 5.32 Å². The maximum Gasteiger partial charge on any atom is 0.339 e. The highest BCUT2D eigenvalue weighted by Crippen LogP contribution is 2.25. The van der Waals surface area contributed by atoms with Crippen molar-refractivity contribution in [2.45, 2.75) is 26.4 Å². The number of rotatable bonds is 6. The number of anilines is 1. The number of thiazole rings is 1. The third-order valence-corrected chi connectivity index (χ3v) is 4.72. The zero-order chi connectivity index (χ0) is 19.2. The van der Waals surface area contributed by atoms with Gasteiger partial charge in [-0.1, -0.05) is 31.2 Å². The van der Waals surface area contributed by atoms with Gasteiger partial charge in [0.2, 0.25) is 0 Å².